The monoisotopic (exact) mass is 272 g/mol. The minimum Gasteiger partial charge on any atom is -0.369 e. The number of sulfonamides is 1. The second-order valence-electron chi connectivity index (χ2n) is 4.37. The summed E-state index contributed by atoms with van der Waals surface area (Å²) >= 11 is 0. The van der Waals surface area contributed by atoms with Crippen LogP contribution in [0, 0.1) is 0 Å². The number of carbonyl (C=O) groups is 1. The first-order valence-corrected chi connectivity index (χ1v) is 7.24. The zero-order chi connectivity index (χ0) is 13.2. The van der Waals surface area contributed by atoms with Gasteiger partial charge in [0.15, 0.2) is 5.03 Å². The van der Waals surface area contributed by atoms with Gasteiger partial charge in [-0.05, 0) is 12.8 Å². The molecule has 8 heteroatoms. The molecule has 7 nitrogen and oxygen atoms in total. The van der Waals surface area contributed by atoms with E-state index in [2.05, 4.69) is 9.97 Å². The fourth-order valence-electron chi connectivity index (χ4n) is 2.27. The third-order valence-electron chi connectivity index (χ3n) is 3.10. The summed E-state index contributed by atoms with van der Waals surface area (Å²) in [4.78, 5) is 17.3. The zero-order valence-electron chi connectivity index (χ0n) is 9.87. The lowest BCUT2D eigenvalue weighted by molar-refractivity contribution is -0.118. The van der Waals surface area contributed by atoms with Crippen LogP contribution in [0.15, 0.2) is 17.6 Å². The third-order valence-corrected chi connectivity index (χ3v) is 4.93. The molecule has 18 heavy (non-hydrogen) atoms. The molecule has 100 valence electrons. The lowest BCUT2D eigenvalue weighted by atomic mass is 10.2. The van der Waals surface area contributed by atoms with Crippen LogP contribution in [0.2, 0.25) is 0 Å². The molecule has 1 aromatic rings. The van der Waals surface area contributed by atoms with Gasteiger partial charge < -0.3 is 10.7 Å². The summed E-state index contributed by atoms with van der Waals surface area (Å²) in [5.74, 6) is -0.648. The van der Waals surface area contributed by atoms with E-state index in [1.165, 1.54) is 16.8 Å². The number of primary amides is 1. The van der Waals surface area contributed by atoms with Crippen LogP contribution >= 0.6 is 0 Å². The summed E-state index contributed by atoms with van der Waals surface area (Å²) in [6, 6.07) is -0.147. The van der Waals surface area contributed by atoms with Gasteiger partial charge in [-0.2, -0.15) is 4.31 Å². The van der Waals surface area contributed by atoms with Crippen molar-refractivity contribution in [2.75, 3.05) is 6.54 Å². The number of hydrogen-bond acceptors (Lipinski definition) is 4. The molecule has 1 fully saturated rings. The number of aromatic nitrogens is 2. The van der Waals surface area contributed by atoms with Crippen molar-refractivity contribution in [3.63, 3.8) is 0 Å². The first-order valence-electron chi connectivity index (χ1n) is 5.80. The van der Waals surface area contributed by atoms with Gasteiger partial charge in [0.05, 0.1) is 19.1 Å². The first-order chi connectivity index (χ1) is 8.51. The topological polar surface area (TPSA) is 109 Å². The van der Waals surface area contributed by atoms with Gasteiger partial charge in [0.1, 0.15) is 0 Å². The van der Waals surface area contributed by atoms with Gasteiger partial charge >= 0.3 is 0 Å². The Bertz CT molecular complexity index is 505. The van der Waals surface area contributed by atoms with E-state index >= 15 is 0 Å². The molecule has 1 aliphatic rings. The fourth-order valence-corrected chi connectivity index (χ4v) is 3.82. The highest BCUT2D eigenvalue weighted by Crippen LogP contribution is 2.27. The summed E-state index contributed by atoms with van der Waals surface area (Å²) in [6.07, 6.45) is 6.00. The maximum absolute atomic E-state index is 12.4. The minimum absolute atomic E-state index is 0.00403. The highest BCUT2D eigenvalue weighted by Gasteiger charge is 2.34. The van der Waals surface area contributed by atoms with Crippen LogP contribution in [0.5, 0.6) is 0 Å². The number of imidazole rings is 1. The number of carbonyl (C=O) groups excluding carboxylic acids is 1. The van der Waals surface area contributed by atoms with Gasteiger partial charge in [0.2, 0.25) is 5.91 Å². The van der Waals surface area contributed by atoms with E-state index in [4.69, 9.17) is 5.73 Å². The van der Waals surface area contributed by atoms with Crippen molar-refractivity contribution in [1.29, 1.82) is 0 Å². The summed E-state index contributed by atoms with van der Waals surface area (Å²) in [7, 11) is -3.72. The molecule has 0 unspecified atom stereocenters. The van der Waals surface area contributed by atoms with Crippen LogP contribution in [-0.4, -0.2) is 41.2 Å². The van der Waals surface area contributed by atoms with Gasteiger partial charge in [-0.1, -0.05) is 12.8 Å². The number of amides is 1. The number of hydrogen-bond donors (Lipinski definition) is 2. The standard InChI is InChI=1S/C10H16N4O3S/c11-9(15)6-14(8-3-1-2-4-8)18(16,17)10-5-12-7-13-10/h5,7-8H,1-4,6H2,(H2,11,15)(H,12,13). The second kappa shape index (κ2) is 5.07. The number of H-pyrrole nitrogens is 1. The Kier molecular flexibility index (Phi) is 3.67. The Morgan fingerprint density at radius 3 is 2.67 bits per heavy atom. The smallest absolute Gasteiger partial charge is 0.260 e. The largest absolute Gasteiger partial charge is 0.369 e. The molecule has 0 radical (unpaired) electrons. The van der Waals surface area contributed by atoms with Crippen molar-refractivity contribution < 1.29 is 13.2 Å². The predicted molar refractivity (Wildman–Crippen MR) is 63.9 cm³/mol. The van der Waals surface area contributed by atoms with Crippen molar-refractivity contribution in [3.8, 4) is 0 Å². The number of nitrogens with zero attached hydrogens (tertiary/aromatic N) is 2. The van der Waals surface area contributed by atoms with Gasteiger partial charge in [-0.3, -0.25) is 4.79 Å². The normalized spacial score (nSPS) is 17.4. The van der Waals surface area contributed by atoms with E-state index in [0.717, 1.165) is 25.7 Å². The van der Waals surface area contributed by atoms with Crippen LogP contribution < -0.4 is 5.73 Å². The molecule has 2 rings (SSSR count). The molecular formula is C10H16N4O3S. The molecular weight excluding hydrogens is 256 g/mol. The van der Waals surface area contributed by atoms with Crippen LogP contribution in [-0.2, 0) is 14.8 Å². The van der Waals surface area contributed by atoms with E-state index in [0.29, 0.717) is 0 Å². The third kappa shape index (κ3) is 2.54. The SMILES string of the molecule is NC(=O)CN(C1CCCC1)S(=O)(=O)c1cnc[nH]1. The van der Waals surface area contributed by atoms with Crippen LogP contribution in [0.25, 0.3) is 0 Å². The molecule has 1 heterocycles. The molecule has 0 bridgehead atoms. The molecule has 0 aromatic carbocycles. The molecule has 0 atom stereocenters. The number of aromatic amines is 1. The molecule has 1 aliphatic carbocycles. The van der Waals surface area contributed by atoms with E-state index in [9.17, 15) is 13.2 Å². The number of rotatable bonds is 5. The van der Waals surface area contributed by atoms with Crippen molar-refractivity contribution in [2.24, 2.45) is 5.73 Å². The van der Waals surface area contributed by atoms with E-state index in [-0.39, 0.29) is 17.6 Å². The van der Waals surface area contributed by atoms with Gasteiger partial charge in [0.25, 0.3) is 10.0 Å². The van der Waals surface area contributed by atoms with Gasteiger partial charge in [-0.15, -0.1) is 0 Å². The van der Waals surface area contributed by atoms with E-state index < -0.39 is 15.9 Å². The van der Waals surface area contributed by atoms with Crippen LogP contribution in [0.4, 0.5) is 0 Å². The van der Waals surface area contributed by atoms with Crippen LogP contribution in [0.3, 0.4) is 0 Å². The summed E-state index contributed by atoms with van der Waals surface area (Å²) in [5.41, 5.74) is 5.14. The fraction of sp³-hybridized carbons (Fsp3) is 0.600. The van der Waals surface area contributed by atoms with Crippen molar-refractivity contribution >= 4 is 15.9 Å². The molecule has 0 aliphatic heterocycles. The average molecular weight is 272 g/mol. The van der Waals surface area contributed by atoms with E-state index in [1.54, 1.807) is 0 Å². The highest BCUT2D eigenvalue weighted by atomic mass is 32.2. The van der Waals surface area contributed by atoms with Crippen LogP contribution in [0.1, 0.15) is 25.7 Å². The lowest BCUT2D eigenvalue weighted by Gasteiger charge is -2.25. The molecule has 0 spiro atoms. The molecule has 0 saturated heterocycles. The van der Waals surface area contributed by atoms with Gasteiger partial charge in [0, 0.05) is 6.04 Å². The predicted octanol–water partition coefficient (Wildman–Crippen LogP) is -0.172. The zero-order valence-corrected chi connectivity index (χ0v) is 10.7. The Morgan fingerprint density at radius 1 is 1.50 bits per heavy atom. The lowest BCUT2D eigenvalue weighted by Crippen LogP contribution is -2.44. The maximum atomic E-state index is 12.4. The summed E-state index contributed by atoms with van der Waals surface area (Å²) < 4.78 is 25.9. The second-order valence-corrected chi connectivity index (χ2v) is 6.23. The average Bonchev–Trinajstić information content (AvgIpc) is 2.98. The Morgan fingerprint density at radius 2 is 2.17 bits per heavy atom. The van der Waals surface area contributed by atoms with Crippen molar-refractivity contribution in [3.05, 3.63) is 12.5 Å². The highest BCUT2D eigenvalue weighted by molar-refractivity contribution is 7.89. The Balaban J connectivity index is 2.30. The van der Waals surface area contributed by atoms with Gasteiger partial charge in [-0.25, -0.2) is 13.4 Å². The number of nitrogens with two attached hydrogens (primary N) is 1. The van der Waals surface area contributed by atoms with Crippen molar-refractivity contribution in [1.82, 2.24) is 14.3 Å². The summed E-state index contributed by atoms with van der Waals surface area (Å²) in [6.45, 7) is -0.286. The Labute approximate surface area is 105 Å². The van der Waals surface area contributed by atoms with E-state index in [1.807, 2.05) is 0 Å². The van der Waals surface area contributed by atoms with Crippen molar-refractivity contribution in [2.45, 2.75) is 36.8 Å². The molecule has 3 N–H and O–H groups in total. The minimum atomic E-state index is -3.72. The first kappa shape index (κ1) is 13.0. The molecule has 1 aromatic heterocycles. The quantitative estimate of drug-likeness (QED) is 0.775. The molecule has 1 saturated carbocycles. The number of nitrogens with one attached hydrogen (secondary N) is 1. The summed E-state index contributed by atoms with van der Waals surface area (Å²) in [5, 5.41) is -0.00403. The molecule has 1 amide bonds. The maximum Gasteiger partial charge on any atom is 0.260 e. The Hall–Kier alpha value is -1.41.